The quantitative estimate of drug-likeness (QED) is 0.739. The van der Waals surface area contributed by atoms with Gasteiger partial charge in [-0.3, -0.25) is 0 Å². The second-order valence-electron chi connectivity index (χ2n) is 4.34. The Bertz CT molecular complexity index is 565. The largest absolute Gasteiger partial charge is 0.307 e. The van der Waals surface area contributed by atoms with E-state index in [9.17, 15) is 8.78 Å². The molecule has 1 N–H and O–H groups in total. The van der Waals surface area contributed by atoms with Crippen molar-refractivity contribution in [3.8, 4) is 0 Å². The van der Waals surface area contributed by atoms with Gasteiger partial charge in [0.25, 0.3) is 0 Å². The van der Waals surface area contributed by atoms with E-state index in [1.54, 1.807) is 24.3 Å². The molecule has 0 amide bonds. The summed E-state index contributed by atoms with van der Waals surface area (Å²) in [6, 6.07) is 9.65. The number of benzene rings is 2. The molecule has 2 rings (SSSR count). The van der Waals surface area contributed by atoms with Crippen molar-refractivity contribution < 1.29 is 8.78 Å². The predicted octanol–water partition coefficient (Wildman–Crippen LogP) is 5.19. The zero-order valence-corrected chi connectivity index (χ0v) is 13.9. The van der Waals surface area contributed by atoms with Crippen LogP contribution in [0, 0.1) is 11.6 Å². The molecule has 0 saturated heterocycles. The van der Waals surface area contributed by atoms with Crippen LogP contribution in [0.15, 0.2) is 45.3 Å². The Kier molecular flexibility index (Phi) is 5.29. The van der Waals surface area contributed by atoms with Crippen LogP contribution in [-0.4, -0.2) is 6.54 Å². The Morgan fingerprint density at radius 3 is 1.75 bits per heavy atom. The van der Waals surface area contributed by atoms with E-state index in [-0.39, 0.29) is 17.7 Å². The van der Waals surface area contributed by atoms with E-state index in [2.05, 4.69) is 37.2 Å². The maximum Gasteiger partial charge on any atom is 0.137 e. The Hall–Kier alpha value is -0.780. The second-order valence-corrected chi connectivity index (χ2v) is 6.05. The molecule has 0 unspecified atom stereocenters. The third-order valence-corrected chi connectivity index (χ3v) is 4.18. The molecule has 0 aromatic heterocycles. The van der Waals surface area contributed by atoms with Crippen LogP contribution in [0.5, 0.6) is 0 Å². The Labute approximate surface area is 133 Å². The maximum atomic E-state index is 13.3. The van der Waals surface area contributed by atoms with Gasteiger partial charge in [-0.25, -0.2) is 8.78 Å². The van der Waals surface area contributed by atoms with E-state index in [0.717, 1.165) is 17.7 Å². The van der Waals surface area contributed by atoms with Crippen LogP contribution in [0.1, 0.15) is 24.1 Å². The van der Waals surface area contributed by atoms with Crippen LogP contribution in [0.4, 0.5) is 8.78 Å². The fourth-order valence-electron chi connectivity index (χ4n) is 2.02. The van der Waals surface area contributed by atoms with Crippen molar-refractivity contribution >= 4 is 31.9 Å². The van der Waals surface area contributed by atoms with Gasteiger partial charge in [0.1, 0.15) is 11.6 Å². The zero-order valence-electron chi connectivity index (χ0n) is 10.8. The average molecular weight is 405 g/mol. The normalized spacial score (nSPS) is 11.1. The van der Waals surface area contributed by atoms with Crippen LogP contribution < -0.4 is 5.32 Å². The highest BCUT2D eigenvalue weighted by molar-refractivity contribution is 9.10. The van der Waals surface area contributed by atoms with Crippen LogP contribution in [-0.2, 0) is 0 Å². The number of rotatable bonds is 4. The average Bonchev–Trinajstić information content (AvgIpc) is 2.43. The van der Waals surface area contributed by atoms with Crippen molar-refractivity contribution in [1.82, 2.24) is 5.32 Å². The first-order valence-electron chi connectivity index (χ1n) is 6.16. The first-order valence-corrected chi connectivity index (χ1v) is 7.74. The van der Waals surface area contributed by atoms with Crippen molar-refractivity contribution in [2.75, 3.05) is 6.54 Å². The molecular formula is C15H13Br2F2N. The van der Waals surface area contributed by atoms with E-state index >= 15 is 0 Å². The molecular weight excluding hydrogens is 392 g/mol. The maximum absolute atomic E-state index is 13.3. The van der Waals surface area contributed by atoms with Gasteiger partial charge in [-0.1, -0.05) is 19.1 Å². The lowest BCUT2D eigenvalue weighted by Gasteiger charge is -2.20. The Morgan fingerprint density at radius 2 is 1.40 bits per heavy atom. The molecule has 2 aromatic rings. The summed E-state index contributed by atoms with van der Waals surface area (Å²) in [4.78, 5) is 0. The third-order valence-electron chi connectivity index (χ3n) is 2.96. The van der Waals surface area contributed by atoms with Crippen LogP contribution in [0.2, 0.25) is 0 Å². The van der Waals surface area contributed by atoms with Gasteiger partial charge in [0, 0.05) is 0 Å². The molecule has 0 aliphatic heterocycles. The van der Waals surface area contributed by atoms with E-state index in [1.165, 1.54) is 12.1 Å². The Morgan fingerprint density at radius 1 is 0.950 bits per heavy atom. The molecule has 1 nitrogen and oxygen atoms in total. The van der Waals surface area contributed by atoms with Crippen LogP contribution >= 0.6 is 31.9 Å². The second kappa shape index (κ2) is 6.78. The SMILES string of the molecule is CCNC(c1ccc(F)c(Br)c1)c1ccc(F)c(Br)c1. The lowest BCUT2D eigenvalue weighted by molar-refractivity contribution is 0.602. The molecule has 20 heavy (non-hydrogen) atoms. The lowest BCUT2D eigenvalue weighted by Crippen LogP contribution is -2.22. The monoisotopic (exact) mass is 403 g/mol. The summed E-state index contributed by atoms with van der Waals surface area (Å²) in [7, 11) is 0. The van der Waals surface area contributed by atoms with Gasteiger partial charge >= 0.3 is 0 Å². The number of hydrogen-bond donors (Lipinski definition) is 1. The van der Waals surface area contributed by atoms with E-state index in [4.69, 9.17) is 0 Å². The molecule has 0 aliphatic carbocycles. The van der Waals surface area contributed by atoms with Gasteiger partial charge in [-0.05, 0) is 73.8 Å². The molecule has 5 heteroatoms. The lowest BCUT2D eigenvalue weighted by atomic mass is 9.98. The van der Waals surface area contributed by atoms with Crippen LogP contribution in [0.3, 0.4) is 0 Å². The van der Waals surface area contributed by atoms with Gasteiger partial charge in [0.15, 0.2) is 0 Å². The number of hydrogen-bond acceptors (Lipinski definition) is 1. The predicted molar refractivity (Wildman–Crippen MR) is 83.7 cm³/mol. The topological polar surface area (TPSA) is 12.0 Å². The van der Waals surface area contributed by atoms with E-state index in [0.29, 0.717) is 8.95 Å². The molecule has 0 saturated carbocycles. The van der Waals surface area contributed by atoms with Crippen molar-refractivity contribution in [3.63, 3.8) is 0 Å². The van der Waals surface area contributed by atoms with Crippen molar-refractivity contribution in [1.29, 1.82) is 0 Å². The smallest absolute Gasteiger partial charge is 0.137 e. The van der Waals surface area contributed by atoms with E-state index < -0.39 is 0 Å². The van der Waals surface area contributed by atoms with E-state index in [1.807, 2.05) is 6.92 Å². The molecule has 106 valence electrons. The summed E-state index contributed by atoms with van der Waals surface area (Å²) in [5, 5.41) is 3.32. The van der Waals surface area contributed by atoms with Gasteiger partial charge in [-0.15, -0.1) is 0 Å². The minimum atomic E-state index is -0.302. The minimum absolute atomic E-state index is 0.117. The van der Waals surface area contributed by atoms with Gasteiger partial charge in [0.05, 0.1) is 15.0 Å². The summed E-state index contributed by atoms with van der Waals surface area (Å²) in [6.07, 6.45) is 0. The standard InChI is InChI=1S/C15H13Br2F2N/c1-2-20-15(9-3-5-13(18)11(16)7-9)10-4-6-14(19)12(17)8-10/h3-8,15,20H,2H2,1H3. The van der Waals surface area contributed by atoms with Gasteiger partial charge < -0.3 is 5.32 Å². The fraction of sp³-hybridized carbons (Fsp3) is 0.200. The summed E-state index contributed by atoms with van der Waals surface area (Å²) in [6.45, 7) is 2.73. The molecule has 0 heterocycles. The highest BCUT2D eigenvalue weighted by Gasteiger charge is 2.15. The fourth-order valence-corrected chi connectivity index (χ4v) is 2.81. The first kappa shape index (κ1) is 15.6. The van der Waals surface area contributed by atoms with Crippen molar-refractivity contribution in [3.05, 3.63) is 68.1 Å². The number of nitrogens with one attached hydrogen (secondary N) is 1. The summed E-state index contributed by atoms with van der Waals surface area (Å²) in [5.74, 6) is -0.603. The van der Waals surface area contributed by atoms with Gasteiger partial charge in [-0.2, -0.15) is 0 Å². The first-order chi connectivity index (χ1) is 9.52. The zero-order chi connectivity index (χ0) is 14.7. The minimum Gasteiger partial charge on any atom is -0.307 e. The van der Waals surface area contributed by atoms with Crippen molar-refractivity contribution in [2.45, 2.75) is 13.0 Å². The molecule has 2 aromatic carbocycles. The molecule has 0 aliphatic rings. The molecule has 0 spiro atoms. The molecule has 0 atom stereocenters. The van der Waals surface area contributed by atoms with Crippen LogP contribution in [0.25, 0.3) is 0 Å². The number of halogens is 4. The highest BCUT2D eigenvalue weighted by Crippen LogP contribution is 2.28. The van der Waals surface area contributed by atoms with Crippen molar-refractivity contribution in [2.24, 2.45) is 0 Å². The molecule has 0 fully saturated rings. The molecule has 0 bridgehead atoms. The third kappa shape index (κ3) is 3.45. The Balaban J connectivity index is 2.44. The highest BCUT2D eigenvalue weighted by atomic mass is 79.9. The molecule has 0 radical (unpaired) electrons. The summed E-state index contributed by atoms with van der Waals surface area (Å²) >= 11 is 6.38. The summed E-state index contributed by atoms with van der Waals surface area (Å²) < 4.78 is 27.5. The van der Waals surface area contributed by atoms with Gasteiger partial charge in [0.2, 0.25) is 0 Å². The summed E-state index contributed by atoms with van der Waals surface area (Å²) in [5.41, 5.74) is 1.83.